The van der Waals surface area contributed by atoms with Gasteiger partial charge in [0.1, 0.15) is 5.75 Å². The van der Waals surface area contributed by atoms with Crippen LogP contribution in [-0.4, -0.2) is 38.0 Å². The number of anilines is 1. The summed E-state index contributed by atoms with van der Waals surface area (Å²) in [5.74, 6) is 0.853. The first-order valence-corrected chi connectivity index (χ1v) is 11.5. The number of piperazine rings is 1. The van der Waals surface area contributed by atoms with E-state index >= 15 is 0 Å². The molecular weight excluding hydrogens is 343 g/mol. The number of ether oxygens (including phenoxy) is 1. The maximum absolute atomic E-state index is 5.91. The third kappa shape index (κ3) is 3.74. The van der Waals surface area contributed by atoms with Crippen molar-refractivity contribution in [1.82, 2.24) is 4.67 Å². The quantitative estimate of drug-likeness (QED) is 0.661. The molecule has 6 heteroatoms. The smallest absolute Gasteiger partial charge is 0.118 e. The molecule has 0 radical (unpaired) electrons. The summed E-state index contributed by atoms with van der Waals surface area (Å²) in [5, 5.41) is -0.860. The lowest BCUT2D eigenvalue weighted by Crippen LogP contribution is -2.45. The molecule has 0 aromatic heterocycles. The van der Waals surface area contributed by atoms with Gasteiger partial charge in [-0.05, 0) is 36.4 Å². The Bertz CT molecular complexity index is 685. The molecule has 0 spiro atoms. The van der Waals surface area contributed by atoms with Gasteiger partial charge in [-0.2, -0.15) is 0 Å². The van der Waals surface area contributed by atoms with Crippen molar-refractivity contribution in [2.24, 2.45) is 0 Å². The molecule has 1 atom stereocenters. The van der Waals surface area contributed by atoms with Crippen molar-refractivity contribution in [3.8, 4) is 5.75 Å². The normalized spacial score (nSPS) is 18.4. The van der Waals surface area contributed by atoms with Crippen LogP contribution < -0.4 is 14.9 Å². The molecule has 2 aromatic carbocycles. The fourth-order valence-corrected chi connectivity index (χ4v) is 6.18. The van der Waals surface area contributed by atoms with Crippen LogP contribution >= 0.6 is 17.6 Å². The van der Waals surface area contributed by atoms with Gasteiger partial charge < -0.3 is 9.64 Å². The summed E-state index contributed by atoms with van der Waals surface area (Å²) in [6.07, 6.45) is 0. The van der Waals surface area contributed by atoms with E-state index in [0.29, 0.717) is 0 Å². The lowest BCUT2D eigenvalue weighted by Gasteiger charge is -2.40. The lowest BCUT2D eigenvalue weighted by molar-refractivity contribution is 0.414. The standard InChI is InChI=1S/C17H21N2OPS2/c1-20-16-7-9-17(10-8-16)21(22,23)19-13-11-18(12-14-19)15-5-3-2-4-6-15/h2-10H,11-14H2,1H3,(H,22,23). The van der Waals surface area contributed by atoms with Gasteiger partial charge in [0.25, 0.3) is 0 Å². The van der Waals surface area contributed by atoms with Crippen molar-refractivity contribution in [2.75, 3.05) is 38.2 Å². The highest BCUT2D eigenvalue weighted by Crippen LogP contribution is 2.53. The molecule has 1 fully saturated rings. The second kappa shape index (κ2) is 7.27. The zero-order valence-electron chi connectivity index (χ0n) is 13.1. The minimum atomic E-state index is -1.99. The summed E-state index contributed by atoms with van der Waals surface area (Å²) in [5.41, 5.74) is 1.28. The first kappa shape index (κ1) is 16.8. The summed E-state index contributed by atoms with van der Waals surface area (Å²) in [6, 6.07) is 18.6. The average molecular weight is 364 g/mol. The second-order valence-electron chi connectivity index (χ2n) is 5.52. The molecule has 0 N–H and O–H groups in total. The maximum atomic E-state index is 5.91. The molecule has 2 aromatic rings. The molecule has 3 nitrogen and oxygen atoms in total. The van der Waals surface area contributed by atoms with Gasteiger partial charge in [-0.15, -0.1) is 12.2 Å². The summed E-state index contributed by atoms with van der Waals surface area (Å²) < 4.78 is 7.59. The zero-order chi connectivity index (χ0) is 16.3. The minimum absolute atomic E-state index is 0.853. The van der Waals surface area contributed by atoms with E-state index in [1.54, 1.807) is 7.11 Å². The molecule has 0 aliphatic carbocycles. The number of methoxy groups -OCH3 is 1. The number of rotatable bonds is 4. The number of nitrogens with zero attached hydrogens (tertiary/aromatic N) is 2. The molecule has 3 rings (SSSR count). The van der Waals surface area contributed by atoms with Crippen LogP contribution in [0, 0.1) is 0 Å². The van der Waals surface area contributed by atoms with E-state index in [4.69, 9.17) is 28.8 Å². The summed E-state index contributed by atoms with van der Waals surface area (Å²) in [6.45, 7) is 3.86. The number of hydrogen-bond acceptors (Lipinski definition) is 3. The van der Waals surface area contributed by atoms with Crippen molar-refractivity contribution in [3.05, 3.63) is 54.6 Å². The van der Waals surface area contributed by atoms with Gasteiger partial charge >= 0.3 is 0 Å². The zero-order valence-corrected chi connectivity index (χ0v) is 15.7. The van der Waals surface area contributed by atoms with E-state index in [2.05, 4.69) is 52.0 Å². The van der Waals surface area contributed by atoms with Crippen molar-refractivity contribution >= 4 is 40.4 Å². The Balaban J connectivity index is 1.69. The van der Waals surface area contributed by atoms with Crippen LogP contribution in [0.4, 0.5) is 5.69 Å². The third-order valence-corrected chi connectivity index (χ3v) is 9.08. The largest absolute Gasteiger partial charge is 0.497 e. The van der Waals surface area contributed by atoms with Crippen LogP contribution in [0.25, 0.3) is 0 Å². The van der Waals surface area contributed by atoms with Crippen molar-refractivity contribution < 1.29 is 4.74 Å². The Hall–Kier alpha value is -1.00. The summed E-state index contributed by atoms with van der Waals surface area (Å²) in [4.78, 5) is 2.41. The van der Waals surface area contributed by atoms with Gasteiger partial charge in [0, 0.05) is 37.2 Å². The van der Waals surface area contributed by atoms with Crippen LogP contribution in [0.15, 0.2) is 54.6 Å². The first-order valence-electron chi connectivity index (χ1n) is 7.64. The van der Waals surface area contributed by atoms with E-state index in [1.807, 2.05) is 12.1 Å². The minimum Gasteiger partial charge on any atom is -0.497 e. The average Bonchev–Trinajstić information content (AvgIpc) is 2.62. The highest BCUT2D eigenvalue weighted by atomic mass is 32.9. The van der Waals surface area contributed by atoms with Crippen molar-refractivity contribution in [1.29, 1.82) is 0 Å². The molecule has 0 saturated carbocycles. The van der Waals surface area contributed by atoms with Gasteiger partial charge in [-0.3, -0.25) is 4.67 Å². The fraction of sp³-hybridized carbons (Fsp3) is 0.294. The molecule has 0 amide bonds. The van der Waals surface area contributed by atoms with Gasteiger partial charge in [-0.25, -0.2) is 0 Å². The maximum Gasteiger partial charge on any atom is 0.118 e. The summed E-state index contributed by atoms with van der Waals surface area (Å²) >= 11 is 10.8. The lowest BCUT2D eigenvalue weighted by atomic mass is 10.2. The Morgan fingerprint density at radius 1 is 0.957 bits per heavy atom. The number of benzene rings is 2. The highest BCUT2D eigenvalue weighted by molar-refractivity contribution is 8.65. The molecule has 1 saturated heterocycles. The van der Waals surface area contributed by atoms with Crippen molar-refractivity contribution in [3.63, 3.8) is 0 Å². The topological polar surface area (TPSA) is 15.7 Å². The van der Waals surface area contributed by atoms with E-state index in [0.717, 1.165) is 37.2 Å². The second-order valence-corrected chi connectivity index (χ2v) is 11.8. The molecular formula is C17H21N2OPS2. The summed E-state index contributed by atoms with van der Waals surface area (Å²) in [7, 11) is 1.68. The molecule has 122 valence electrons. The fourth-order valence-electron chi connectivity index (χ4n) is 2.80. The molecule has 1 aliphatic rings. The highest BCUT2D eigenvalue weighted by Gasteiger charge is 2.28. The predicted octanol–water partition coefficient (Wildman–Crippen LogP) is 3.38. The Kier molecular flexibility index (Phi) is 5.32. The number of thiol groups is 1. The van der Waals surface area contributed by atoms with Crippen LogP contribution in [0.3, 0.4) is 0 Å². The van der Waals surface area contributed by atoms with Crippen LogP contribution in [0.1, 0.15) is 0 Å². The van der Waals surface area contributed by atoms with Crippen molar-refractivity contribution in [2.45, 2.75) is 0 Å². The van der Waals surface area contributed by atoms with Crippen LogP contribution in [-0.2, 0) is 11.8 Å². The van der Waals surface area contributed by atoms with Gasteiger partial charge in [-0.1, -0.05) is 30.0 Å². The van der Waals surface area contributed by atoms with E-state index in [-0.39, 0.29) is 0 Å². The van der Waals surface area contributed by atoms with E-state index in [1.165, 1.54) is 5.69 Å². The SMILES string of the molecule is COc1ccc(P(=S)(S)N2CCN(c3ccccc3)CC2)cc1. The molecule has 1 aliphatic heterocycles. The Morgan fingerprint density at radius 3 is 2.13 bits per heavy atom. The van der Waals surface area contributed by atoms with E-state index < -0.39 is 5.39 Å². The van der Waals surface area contributed by atoms with Gasteiger partial charge in [0.05, 0.1) is 12.5 Å². The van der Waals surface area contributed by atoms with E-state index in [9.17, 15) is 0 Å². The molecule has 23 heavy (non-hydrogen) atoms. The third-order valence-electron chi connectivity index (χ3n) is 4.17. The molecule has 1 unspecified atom stereocenters. The Morgan fingerprint density at radius 2 is 1.57 bits per heavy atom. The Labute approximate surface area is 148 Å². The van der Waals surface area contributed by atoms with Crippen LogP contribution in [0.2, 0.25) is 0 Å². The van der Waals surface area contributed by atoms with Gasteiger partial charge in [0.2, 0.25) is 0 Å². The first-order chi connectivity index (χ1) is 11.1. The predicted molar refractivity (Wildman–Crippen MR) is 106 cm³/mol. The van der Waals surface area contributed by atoms with Gasteiger partial charge in [0.15, 0.2) is 0 Å². The number of para-hydroxylation sites is 1. The molecule has 1 heterocycles. The monoisotopic (exact) mass is 364 g/mol. The van der Waals surface area contributed by atoms with Crippen LogP contribution in [0.5, 0.6) is 5.75 Å². The number of hydrogen-bond donors (Lipinski definition) is 1. The molecule has 0 bridgehead atoms.